The van der Waals surface area contributed by atoms with E-state index in [0.717, 1.165) is 23.5 Å². The molecule has 0 amide bonds. The largest absolute Gasteiger partial charge is 0.329 e. The summed E-state index contributed by atoms with van der Waals surface area (Å²) >= 11 is 3.47. The summed E-state index contributed by atoms with van der Waals surface area (Å²) < 4.78 is 1.14. The molecule has 1 heterocycles. The van der Waals surface area contributed by atoms with Gasteiger partial charge in [-0.15, -0.1) is 12.4 Å². The SMILES string of the molecule is CC1CCN(Cc2ccc(Br)cc2)C(CN)C1.Cl. The van der Waals surface area contributed by atoms with E-state index < -0.39 is 0 Å². The molecule has 1 aromatic carbocycles. The Morgan fingerprint density at radius 2 is 2.00 bits per heavy atom. The molecule has 0 aliphatic carbocycles. The predicted molar refractivity (Wildman–Crippen MR) is 83.0 cm³/mol. The monoisotopic (exact) mass is 332 g/mol. The lowest BCUT2D eigenvalue weighted by molar-refractivity contribution is 0.115. The molecule has 2 unspecified atom stereocenters. The molecule has 0 aromatic heterocycles. The van der Waals surface area contributed by atoms with Crippen LogP contribution in [0.3, 0.4) is 0 Å². The van der Waals surface area contributed by atoms with Crippen LogP contribution in [0.4, 0.5) is 0 Å². The van der Waals surface area contributed by atoms with E-state index in [0.29, 0.717) is 6.04 Å². The van der Waals surface area contributed by atoms with Gasteiger partial charge in [0.1, 0.15) is 0 Å². The highest BCUT2D eigenvalue weighted by Gasteiger charge is 2.24. The highest BCUT2D eigenvalue weighted by molar-refractivity contribution is 9.10. The number of rotatable bonds is 3. The van der Waals surface area contributed by atoms with Crippen molar-refractivity contribution in [2.75, 3.05) is 13.1 Å². The number of hydrogen-bond acceptors (Lipinski definition) is 2. The van der Waals surface area contributed by atoms with Gasteiger partial charge in [-0.2, -0.15) is 0 Å². The van der Waals surface area contributed by atoms with Gasteiger partial charge in [-0.3, -0.25) is 4.90 Å². The fraction of sp³-hybridized carbons (Fsp3) is 0.571. The highest BCUT2D eigenvalue weighted by atomic mass is 79.9. The molecular weight excluding hydrogens is 312 g/mol. The summed E-state index contributed by atoms with van der Waals surface area (Å²) in [6, 6.07) is 9.16. The number of nitrogens with two attached hydrogens (primary N) is 1. The zero-order chi connectivity index (χ0) is 12.3. The minimum Gasteiger partial charge on any atom is -0.329 e. The van der Waals surface area contributed by atoms with E-state index in [1.54, 1.807) is 0 Å². The molecule has 2 atom stereocenters. The number of benzene rings is 1. The summed E-state index contributed by atoms with van der Waals surface area (Å²) in [6.07, 6.45) is 2.54. The van der Waals surface area contributed by atoms with Crippen LogP contribution < -0.4 is 5.73 Å². The average Bonchev–Trinajstić information content (AvgIpc) is 2.34. The Morgan fingerprint density at radius 1 is 1.33 bits per heavy atom. The summed E-state index contributed by atoms with van der Waals surface area (Å²) in [5, 5.41) is 0. The first-order valence-corrected chi connectivity index (χ1v) is 7.17. The normalized spacial score (nSPS) is 24.6. The second-order valence-electron chi connectivity index (χ2n) is 5.12. The van der Waals surface area contributed by atoms with E-state index in [-0.39, 0.29) is 12.4 Å². The van der Waals surface area contributed by atoms with Crippen LogP contribution in [-0.4, -0.2) is 24.0 Å². The van der Waals surface area contributed by atoms with Crippen LogP contribution in [0.5, 0.6) is 0 Å². The molecule has 1 aromatic rings. The van der Waals surface area contributed by atoms with Crippen LogP contribution in [0, 0.1) is 5.92 Å². The highest BCUT2D eigenvalue weighted by Crippen LogP contribution is 2.23. The Kier molecular flexibility index (Phi) is 6.64. The van der Waals surface area contributed by atoms with Crippen LogP contribution >= 0.6 is 28.3 Å². The lowest BCUT2D eigenvalue weighted by Crippen LogP contribution is -2.45. The van der Waals surface area contributed by atoms with Gasteiger partial charge in [0.2, 0.25) is 0 Å². The maximum Gasteiger partial charge on any atom is 0.0237 e. The molecule has 2 nitrogen and oxygen atoms in total. The van der Waals surface area contributed by atoms with E-state index in [1.807, 2.05) is 0 Å². The molecule has 2 rings (SSSR count). The second kappa shape index (κ2) is 7.49. The predicted octanol–water partition coefficient (Wildman–Crippen LogP) is 3.43. The van der Waals surface area contributed by atoms with Crippen LogP contribution in [-0.2, 0) is 6.54 Å². The van der Waals surface area contributed by atoms with Crippen molar-refractivity contribution in [2.45, 2.75) is 32.4 Å². The molecule has 0 bridgehead atoms. The van der Waals surface area contributed by atoms with Gasteiger partial charge in [-0.05, 0) is 43.0 Å². The number of likely N-dealkylation sites (tertiary alicyclic amines) is 1. The standard InChI is InChI=1S/C14H21BrN2.ClH/c1-11-6-7-17(14(8-11)9-16)10-12-2-4-13(15)5-3-12;/h2-5,11,14H,6-10,16H2,1H3;1H. The van der Waals surface area contributed by atoms with Crippen LogP contribution in [0.2, 0.25) is 0 Å². The molecule has 1 saturated heterocycles. The molecule has 1 aliphatic rings. The van der Waals surface area contributed by atoms with Gasteiger partial charge in [-0.1, -0.05) is 35.0 Å². The van der Waals surface area contributed by atoms with Gasteiger partial charge in [0.15, 0.2) is 0 Å². The first-order valence-electron chi connectivity index (χ1n) is 6.37. The minimum atomic E-state index is 0. The lowest BCUT2D eigenvalue weighted by Gasteiger charge is -2.38. The Bertz CT molecular complexity index is 355. The molecule has 102 valence electrons. The van der Waals surface area contributed by atoms with E-state index in [1.165, 1.54) is 24.9 Å². The van der Waals surface area contributed by atoms with Gasteiger partial charge >= 0.3 is 0 Å². The molecule has 2 N–H and O–H groups in total. The molecule has 0 saturated carbocycles. The van der Waals surface area contributed by atoms with Crippen molar-refractivity contribution >= 4 is 28.3 Å². The minimum absolute atomic E-state index is 0. The third-order valence-corrected chi connectivity index (χ3v) is 4.20. The average molecular weight is 334 g/mol. The van der Waals surface area contributed by atoms with Crippen molar-refractivity contribution in [2.24, 2.45) is 11.7 Å². The number of halogens is 2. The van der Waals surface area contributed by atoms with Crippen molar-refractivity contribution < 1.29 is 0 Å². The number of hydrogen-bond donors (Lipinski definition) is 1. The first kappa shape index (κ1) is 16.0. The summed E-state index contributed by atoms with van der Waals surface area (Å²) in [5.41, 5.74) is 7.26. The fourth-order valence-corrected chi connectivity index (χ4v) is 2.84. The number of piperidine rings is 1. The van der Waals surface area contributed by atoms with Gasteiger partial charge in [0, 0.05) is 23.6 Å². The molecular formula is C14H22BrClN2. The summed E-state index contributed by atoms with van der Waals surface area (Å²) in [7, 11) is 0. The second-order valence-corrected chi connectivity index (χ2v) is 6.03. The Labute approximate surface area is 124 Å². The van der Waals surface area contributed by atoms with Crippen LogP contribution in [0.1, 0.15) is 25.3 Å². The topological polar surface area (TPSA) is 29.3 Å². The zero-order valence-corrected chi connectivity index (χ0v) is 13.2. The molecule has 0 spiro atoms. The van der Waals surface area contributed by atoms with Gasteiger partial charge in [-0.25, -0.2) is 0 Å². The van der Waals surface area contributed by atoms with Gasteiger partial charge in [0.05, 0.1) is 0 Å². The molecule has 0 radical (unpaired) electrons. The third-order valence-electron chi connectivity index (χ3n) is 3.67. The van der Waals surface area contributed by atoms with Gasteiger partial charge < -0.3 is 5.73 Å². The summed E-state index contributed by atoms with van der Waals surface area (Å²) in [5.74, 6) is 0.824. The summed E-state index contributed by atoms with van der Waals surface area (Å²) in [4.78, 5) is 2.53. The van der Waals surface area contributed by atoms with Crippen molar-refractivity contribution in [3.05, 3.63) is 34.3 Å². The zero-order valence-electron chi connectivity index (χ0n) is 10.8. The number of nitrogens with zero attached hydrogens (tertiary/aromatic N) is 1. The Hall–Kier alpha value is -0.0900. The van der Waals surface area contributed by atoms with Crippen molar-refractivity contribution in [1.82, 2.24) is 4.90 Å². The first-order chi connectivity index (χ1) is 8.19. The van der Waals surface area contributed by atoms with E-state index in [4.69, 9.17) is 5.73 Å². The molecule has 18 heavy (non-hydrogen) atoms. The Balaban J connectivity index is 0.00000162. The van der Waals surface area contributed by atoms with Crippen LogP contribution in [0.15, 0.2) is 28.7 Å². The summed E-state index contributed by atoms with van der Waals surface area (Å²) in [6.45, 7) is 5.32. The Morgan fingerprint density at radius 3 is 2.61 bits per heavy atom. The fourth-order valence-electron chi connectivity index (χ4n) is 2.58. The lowest BCUT2D eigenvalue weighted by atomic mass is 9.92. The van der Waals surface area contributed by atoms with Crippen molar-refractivity contribution in [3.8, 4) is 0 Å². The van der Waals surface area contributed by atoms with E-state index >= 15 is 0 Å². The maximum absolute atomic E-state index is 5.88. The smallest absolute Gasteiger partial charge is 0.0237 e. The van der Waals surface area contributed by atoms with Crippen molar-refractivity contribution in [3.63, 3.8) is 0 Å². The van der Waals surface area contributed by atoms with Crippen LogP contribution in [0.25, 0.3) is 0 Å². The molecule has 1 fully saturated rings. The third kappa shape index (κ3) is 4.23. The van der Waals surface area contributed by atoms with Gasteiger partial charge in [0.25, 0.3) is 0 Å². The quantitative estimate of drug-likeness (QED) is 0.918. The maximum atomic E-state index is 5.88. The van der Waals surface area contributed by atoms with E-state index in [9.17, 15) is 0 Å². The van der Waals surface area contributed by atoms with Crippen molar-refractivity contribution in [1.29, 1.82) is 0 Å². The molecule has 1 aliphatic heterocycles. The van der Waals surface area contributed by atoms with E-state index in [2.05, 4.69) is 52.0 Å². The molecule has 4 heteroatoms.